The van der Waals surface area contributed by atoms with E-state index < -0.39 is 29.5 Å². The minimum absolute atomic E-state index is 0.0748. The first-order chi connectivity index (χ1) is 8.29. The number of carboxylic acids is 1. The Morgan fingerprint density at radius 3 is 2.44 bits per heavy atom. The van der Waals surface area contributed by atoms with Gasteiger partial charge in [0.25, 0.3) is 11.7 Å². The molecule has 0 radical (unpaired) electrons. The molecule has 1 aliphatic carbocycles. The lowest BCUT2D eigenvalue weighted by atomic mass is 9.95. The Morgan fingerprint density at radius 1 is 1.39 bits per heavy atom. The molecule has 18 heavy (non-hydrogen) atoms. The van der Waals surface area contributed by atoms with E-state index in [4.69, 9.17) is 5.11 Å². The maximum atomic E-state index is 13.2. The second-order valence-electron chi connectivity index (χ2n) is 4.00. The summed E-state index contributed by atoms with van der Waals surface area (Å²) in [5, 5.41) is 8.93. The molecule has 0 heterocycles. The number of aliphatic carboxylic acids is 1. The third-order valence-electron chi connectivity index (χ3n) is 2.90. The molecule has 98 valence electrons. The van der Waals surface area contributed by atoms with E-state index in [2.05, 4.69) is 0 Å². The molecule has 0 bridgehead atoms. The van der Waals surface area contributed by atoms with Crippen molar-refractivity contribution in [2.75, 3.05) is 0 Å². The second-order valence-corrected chi connectivity index (χ2v) is 5.06. The van der Waals surface area contributed by atoms with E-state index in [9.17, 15) is 22.4 Å². The van der Waals surface area contributed by atoms with Gasteiger partial charge >= 0.3 is 5.97 Å². The van der Waals surface area contributed by atoms with Gasteiger partial charge in [0.05, 0.1) is 0 Å². The van der Waals surface area contributed by atoms with Crippen LogP contribution in [0.5, 0.6) is 0 Å². The lowest BCUT2D eigenvalue weighted by Crippen LogP contribution is -2.27. The van der Waals surface area contributed by atoms with Crippen LogP contribution in [-0.4, -0.2) is 22.8 Å². The molecule has 1 unspecified atom stereocenters. The number of alkyl halides is 4. The van der Waals surface area contributed by atoms with Crippen molar-refractivity contribution in [3.63, 3.8) is 0 Å². The van der Waals surface area contributed by atoms with E-state index >= 15 is 0 Å². The van der Waals surface area contributed by atoms with Crippen LogP contribution in [0, 0.1) is 0 Å². The third-order valence-corrected chi connectivity index (χ3v) is 3.61. The molecule has 0 saturated heterocycles. The zero-order valence-electron chi connectivity index (χ0n) is 8.87. The normalized spacial score (nSPS) is 25.2. The number of halogens is 4. The number of hydrogen-bond donors (Lipinski definition) is 1. The van der Waals surface area contributed by atoms with E-state index in [0.29, 0.717) is 0 Å². The van der Waals surface area contributed by atoms with Crippen LogP contribution in [0.15, 0.2) is 29.2 Å². The molecular weight excluding hydrogens is 272 g/mol. The summed E-state index contributed by atoms with van der Waals surface area (Å²) in [6, 6.07) is 4.95. The molecule has 1 aromatic carbocycles. The quantitative estimate of drug-likeness (QED) is 0.678. The second kappa shape index (κ2) is 4.15. The number of hydrogen-bond acceptors (Lipinski definition) is 2. The van der Waals surface area contributed by atoms with Gasteiger partial charge in [0.15, 0.2) is 5.41 Å². The Bertz CT molecular complexity index is 492. The van der Waals surface area contributed by atoms with Crippen LogP contribution < -0.4 is 0 Å². The molecule has 1 aromatic rings. The molecule has 1 aliphatic rings. The minimum Gasteiger partial charge on any atom is -0.480 e. The third kappa shape index (κ3) is 1.96. The molecule has 2 rings (SSSR count). The first-order valence-corrected chi connectivity index (χ1v) is 5.84. The predicted octanol–water partition coefficient (Wildman–Crippen LogP) is 3.36. The smallest absolute Gasteiger partial charge is 0.320 e. The van der Waals surface area contributed by atoms with Gasteiger partial charge in [0, 0.05) is 11.3 Å². The molecule has 2 nitrogen and oxygen atoms in total. The maximum absolute atomic E-state index is 13.2. The molecule has 0 spiro atoms. The predicted molar refractivity (Wildman–Crippen MR) is 57.2 cm³/mol. The highest BCUT2D eigenvalue weighted by Gasteiger charge is 2.77. The van der Waals surface area contributed by atoms with Crippen LogP contribution in [0.4, 0.5) is 17.6 Å². The van der Waals surface area contributed by atoms with E-state index in [0.717, 1.165) is 6.07 Å². The van der Waals surface area contributed by atoms with Crippen molar-refractivity contribution in [1.82, 2.24) is 0 Å². The molecule has 0 aromatic heterocycles. The van der Waals surface area contributed by atoms with Crippen LogP contribution in [0.25, 0.3) is 0 Å². The van der Waals surface area contributed by atoms with E-state index in [1.807, 2.05) is 0 Å². The van der Waals surface area contributed by atoms with Crippen LogP contribution >= 0.6 is 11.8 Å². The van der Waals surface area contributed by atoms with Crippen LogP contribution in [-0.2, 0) is 10.2 Å². The van der Waals surface area contributed by atoms with Crippen molar-refractivity contribution in [2.45, 2.75) is 28.4 Å². The minimum atomic E-state index is -3.33. The van der Waals surface area contributed by atoms with Crippen molar-refractivity contribution >= 4 is 17.7 Å². The summed E-state index contributed by atoms with van der Waals surface area (Å²) in [5.41, 5.74) is -2.39. The lowest BCUT2D eigenvalue weighted by molar-refractivity contribution is -0.142. The summed E-state index contributed by atoms with van der Waals surface area (Å²) in [5.74, 6) is -7.64. The number of carboxylic acid groups (broad SMARTS) is 1. The number of carbonyl (C=O) groups is 1. The van der Waals surface area contributed by atoms with Crippen LogP contribution in [0.3, 0.4) is 0 Å². The van der Waals surface area contributed by atoms with Gasteiger partial charge < -0.3 is 5.11 Å². The standard InChI is InChI=1S/C11H8F4O2S/c12-9(13)18-7-3-1-2-6(4-7)10(8(16)17)5-11(10,14)15/h1-4,9H,5H2,(H,16,17). The molecule has 1 atom stereocenters. The fourth-order valence-corrected chi connectivity index (χ4v) is 2.45. The molecule has 1 N–H and O–H groups in total. The lowest BCUT2D eigenvalue weighted by Gasteiger charge is -2.12. The summed E-state index contributed by atoms with van der Waals surface area (Å²) in [4.78, 5) is 11.1. The van der Waals surface area contributed by atoms with E-state index in [-0.39, 0.29) is 22.2 Å². The van der Waals surface area contributed by atoms with Gasteiger partial charge in [0.1, 0.15) is 0 Å². The van der Waals surface area contributed by atoms with Crippen LogP contribution in [0.2, 0.25) is 0 Å². The molecule has 0 aliphatic heterocycles. The Balaban J connectivity index is 2.37. The van der Waals surface area contributed by atoms with Gasteiger partial charge in [0.2, 0.25) is 0 Å². The molecule has 1 fully saturated rings. The van der Waals surface area contributed by atoms with Crippen molar-refractivity contribution in [3.05, 3.63) is 29.8 Å². The Morgan fingerprint density at radius 2 is 2.00 bits per heavy atom. The Labute approximate surface area is 104 Å². The average molecular weight is 280 g/mol. The molecule has 7 heteroatoms. The largest absolute Gasteiger partial charge is 0.480 e. The highest BCUT2D eigenvalue weighted by molar-refractivity contribution is 7.99. The zero-order valence-corrected chi connectivity index (χ0v) is 9.69. The van der Waals surface area contributed by atoms with Gasteiger partial charge in [-0.05, 0) is 17.7 Å². The summed E-state index contributed by atoms with van der Waals surface area (Å²) in [6.45, 7) is 0. The Kier molecular flexibility index (Phi) is 3.04. The molecule has 1 saturated carbocycles. The van der Waals surface area contributed by atoms with Crippen molar-refractivity contribution in [2.24, 2.45) is 0 Å². The summed E-state index contributed by atoms with van der Waals surface area (Å²) in [7, 11) is 0. The first kappa shape index (κ1) is 13.2. The average Bonchev–Trinajstić information content (AvgIpc) is 2.83. The van der Waals surface area contributed by atoms with Gasteiger partial charge in [-0.1, -0.05) is 23.9 Å². The van der Waals surface area contributed by atoms with Gasteiger partial charge in [-0.15, -0.1) is 0 Å². The highest BCUT2D eigenvalue weighted by Crippen LogP contribution is 2.61. The summed E-state index contributed by atoms with van der Waals surface area (Å²) >= 11 is 0.197. The van der Waals surface area contributed by atoms with Gasteiger partial charge in [-0.3, -0.25) is 4.79 Å². The number of thioether (sulfide) groups is 1. The SMILES string of the molecule is O=C(O)C1(c2cccc(SC(F)F)c2)CC1(F)F. The van der Waals surface area contributed by atoms with Crippen molar-refractivity contribution < 1.29 is 27.5 Å². The summed E-state index contributed by atoms with van der Waals surface area (Å²) in [6.07, 6.45) is -0.794. The monoisotopic (exact) mass is 280 g/mol. The van der Waals surface area contributed by atoms with Gasteiger partial charge in [-0.25, -0.2) is 8.78 Å². The fraction of sp³-hybridized carbons (Fsp3) is 0.364. The van der Waals surface area contributed by atoms with Crippen molar-refractivity contribution in [3.8, 4) is 0 Å². The van der Waals surface area contributed by atoms with Crippen LogP contribution in [0.1, 0.15) is 12.0 Å². The summed E-state index contributed by atoms with van der Waals surface area (Å²) < 4.78 is 50.8. The molecular formula is C11H8F4O2S. The Hall–Kier alpha value is -1.24. The number of benzene rings is 1. The van der Waals surface area contributed by atoms with Gasteiger partial charge in [-0.2, -0.15) is 8.78 Å². The maximum Gasteiger partial charge on any atom is 0.320 e. The first-order valence-electron chi connectivity index (χ1n) is 4.96. The highest BCUT2D eigenvalue weighted by atomic mass is 32.2. The topological polar surface area (TPSA) is 37.3 Å². The zero-order chi connectivity index (χ0) is 13.6. The van der Waals surface area contributed by atoms with E-state index in [1.165, 1.54) is 18.2 Å². The fourth-order valence-electron chi connectivity index (χ4n) is 1.90. The van der Waals surface area contributed by atoms with Crippen molar-refractivity contribution in [1.29, 1.82) is 0 Å². The number of rotatable bonds is 4. The molecule has 0 amide bonds. The van der Waals surface area contributed by atoms with E-state index in [1.54, 1.807) is 0 Å².